The predicted octanol–water partition coefficient (Wildman–Crippen LogP) is 5.76. The van der Waals surface area contributed by atoms with Crippen molar-refractivity contribution < 1.29 is 14.3 Å². The van der Waals surface area contributed by atoms with Gasteiger partial charge in [0.05, 0.1) is 17.0 Å². The van der Waals surface area contributed by atoms with Gasteiger partial charge in [0.25, 0.3) is 11.8 Å². The van der Waals surface area contributed by atoms with Crippen molar-refractivity contribution >= 4 is 45.3 Å². The molecule has 32 heavy (non-hydrogen) atoms. The Balaban J connectivity index is 1.43. The largest absolute Gasteiger partial charge is 0.493 e. The van der Waals surface area contributed by atoms with Crippen molar-refractivity contribution in [2.24, 2.45) is 0 Å². The van der Waals surface area contributed by atoms with E-state index in [-0.39, 0.29) is 11.8 Å². The molecule has 2 amide bonds. The minimum absolute atomic E-state index is 0.0210. The third-order valence-electron chi connectivity index (χ3n) is 5.63. The number of thiophene rings is 1. The molecular weight excluding hydrogens is 420 g/mol. The van der Waals surface area contributed by atoms with Crippen LogP contribution >= 0.6 is 11.3 Å². The Labute approximate surface area is 190 Å². The normalized spacial score (nSPS) is 12.6. The van der Waals surface area contributed by atoms with Crippen molar-refractivity contribution in [3.05, 3.63) is 88.1 Å². The van der Waals surface area contributed by atoms with E-state index in [1.165, 1.54) is 11.3 Å². The van der Waals surface area contributed by atoms with E-state index in [2.05, 4.69) is 5.32 Å². The number of nitrogens with one attached hydrogen (secondary N) is 1. The molecule has 1 aromatic heterocycles. The van der Waals surface area contributed by atoms with Crippen molar-refractivity contribution in [1.29, 1.82) is 0 Å². The highest BCUT2D eigenvalue weighted by Crippen LogP contribution is 2.33. The van der Waals surface area contributed by atoms with Crippen LogP contribution in [0.3, 0.4) is 0 Å². The van der Waals surface area contributed by atoms with Gasteiger partial charge in [-0.25, -0.2) is 0 Å². The maximum atomic E-state index is 13.3. The molecule has 4 aromatic rings. The van der Waals surface area contributed by atoms with Gasteiger partial charge in [-0.3, -0.25) is 9.59 Å². The van der Waals surface area contributed by atoms with Crippen LogP contribution in [0, 0.1) is 0 Å². The highest BCUT2D eigenvalue weighted by molar-refractivity contribution is 7.12. The first-order valence-electron chi connectivity index (χ1n) is 10.6. The highest BCUT2D eigenvalue weighted by atomic mass is 32.1. The molecular formula is C26H22N2O3S. The van der Waals surface area contributed by atoms with Gasteiger partial charge in [-0.2, -0.15) is 0 Å². The molecule has 160 valence electrons. The summed E-state index contributed by atoms with van der Waals surface area (Å²) in [5.41, 5.74) is 3.19. The van der Waals surface area contributed by atoms with E-state index in [1.807, 2.05) is 83.9 Å². The van der Waals surface area contributed by atoms with E-state index in [9.17, 15) is 9.59 Å². The zero-order valence-electron chi connectivity index (χ0n) is 17.6. The first-order chi connectivity index (χ1) is 15.7. The van der Waals surface area contributed by atoms with E-state index in [0.29, 0.717) is 30.2 Å². The molecule has 5 nitrogen and oxygen atoms in total. The molecule has 0 spiro atoms. The fourth-order valence-electron chi connectivity index (χ4n) is 4.18. The Morgan fingerprint density at radius 3 is 2.75 bits per heavy atom. The lowest BCUT2D eigenvalue weighted by atomic mass is 10.0. The Hall–Kier alpha value is -3.64. The van der Waals surface area contributed by atoms with Crippen molar-refractivity contribution in [2.45, 2.75) is 13.3 Å². The first kappa shape index (κ1) is 20.3. The Morgan fingerprint density at radius 1 is 1.06 bits per heavy atom. The van der Waals surface area contributed by atoms with Crippen LogP contribution in [0.25, 0.3) is 10.8 Å². The zero-order chi connectivity index (χ0) is 22.1. The molecule has 0 saturated carbocycles. The number of carbonyl (C=O) groups excluding carboxylic acids is 2. The maximum absolute atomic E-state index is 13.3. The zero-order valence-corrected chi connectivity index (χ0v) is 18.4. The van der Waals surface area contributed by atoms with E-state index < -0.39 is 0 Å². The fourth-order valence-corrected chi connectivity index (χ4v) is 4.85. The Bertz CT molecular complexity index is 1310. The smallest absolute Gasteiger partial charge is 0.268 e. The van der Waals surface area contributed by atoms with E-state index in [1.54, 1.807) is 0 Å². The number of fused-ring (bicyclic) bond motifs is 2. The standard InChI is InChI=1S/C26H22N2O3S/c1-2-31-22-12-9-17-6-3-4-7-20(17)24(22)25(29)27-19-10-11-21-18(16-19)13-14-28(21)26(30)23-8-5-15-32-23/h3-12,15-16H,2,13-14H2,1H3,(H,27,29). The van der Waals surface area contributed by atoms with Gasteiger partial charge < -0.3 is 15.0 Å². The molecule has 3 aromatic carbocycles. The highest BCUT2D eigenvalue weighted by Gasteiger charge is 2.26. The van der Waals surface area contributed by atoms with Crippen molar-refractivity contribution in [3.8, 4) is 5.75 Å². The number of amides is 2. The summed E-state index contributed by atoms with van der Waals surface area (Å²) in [6.45, 7) is 3.02. The van der Waals surface area contributed by atoms with E-state index >= 15 is 0 Å². The SMILES string of the molecule is CCOc1ccc2ccccc2c1C(=O)Nc1ccc2c(c1)CCN2C(=O)c1cccs1. The Morgan fingerprint density at radius 2 is 1.94 bits per heavy atom. The molecule has 0 bridgehead atoms. The summed E-state index contributed by atoms with van der Waals surface area (Å²) in [4.78, 5) is 28.6. The molecule has 0 unspecified atom stereocenters. The quantitative estimate of drug-likeness (QED) is 0.428. The number of carbonyl (C=O) groups is 2. The van der Waals surface area contributed by atoms with E-state index in [4.69, 9.17) is 4.74 Å². The van der Waals surface area contributed by atoms with Crippen LogP contribution in [0.4, 0.5) is 11.4 Å². The minimum Gasteiger partial charge on any atom is -0.493 e. The average Bonchev–Trinajstić information content (AvgIpc) is 3.49. The third kappa shape index (κ3) is 3.63. The van der Waals surface area contributed by atoms with Gasteiger partial charge >= 0.3 is 0 Å². The molecule has 0 atom stereocenters. The molecule has 0 radical (unpaired) electrons. The number of benzene rings is 3. The molecule has 6 heteroatoms. The molecule has 5 rings (SSSR count). The number of hydrogen-bond acceptors (Lipinski definition) is 4. The topological polar surface area (TPSA) is 58.6 Å². The van der Waals surface area contributed by atoms with Gasteiger partial charge in [-0.05, 0) is 65.4 Å². The van der Waals surface area contributed by atoms with Crippen LogP contribution < -0.4 is 15.0 Å². The summed E-state index contributed by atoms with van der Waals surface area (Å²) >= 11 is 1.45. The Kier molecular flexibility index (Phi) is 5.37. The molecule has 1 N–H and O–H groups in total. The van der Waals surface area contributed by atoms with Crippen LogP contribution in [0.5, 0.6) is 5.75 Å². The van der Waals surface area contributed by atoms with Crippen molar-refractivity contribution in [3.63, 3.8) is 0 Å². The molecule has 2 heterocycles. The number of rotatable bonds is 5. The monoisotopic (exact) mass is 442 g/mol. The summed E-state index contributed by atoms with van der Waals surface area (Å²) in [5, 5.41) is 6.78. The van der Waals surface area contributed by atoms with Crippen LogP contribution in [0.1, 0.15) is 32.5 Å². The summed E-state index contributed by atoms with van der Waals surface area (Å²) in [6.07, 6.45) is 0.759. The lowest BCUT2D eigenvalue weighted by molar-refractivity contribution is 0.0991. The number of anilines is 2. The average molecular weight is 443 g/mol. The number of nitrogens with zero attached hydrogens (tertiary/aromatic N) is 1. The number of hydrogen-bond donors (Lipinski definition) is 1. The summed E-state index contributed by atoms with van der Waals surface area (Å²) in [6, 6.07) is 21.1. The van der Waals surface area contributed by atoms with Gasteiger partial charge in [0, 0.05) is 17.9 Å². The van der Waals surface area contributed by atoms with Crippen LogP contribution in [-0.2, 0) is 6.42 Å². The van der Waals surface area contributed by atoms with Gasteiger partial charge in [0.2, 0.25) is 0 Å². The van der Waals surface area contributed by atoms with Crippen molar-refractivity contribution in [1.82, 2.24) is 0 Å². The molecule has 0 aliphatic carbocycles. The van der Waals surface area contributed by atoms with Gasteiger partial charge in [0.15, 0.2) is 0 Å². The second kappa shape index (κ2) is 8.48. The number of ether oxygens (including phenoxy) is 1. The lowest BCUT2D eigenvalue weighted by Gasteiger charge is -2.17. The van der Waals surface area contributed by atoms with Gasteiger partial charge in [0.1, 0.15) is 5.75 Å². The predicted molar refractivity (Wildman–Crippen MR) is 129 cm³/mol. The molecule has 1 aliphatic heterocycles. The second-order valence-electron chi connectivity index (χ2n) is 7.57. The van der Waals surface area contributed by atoms with Crippen LogP contribution in [-0.4, -0.2) is 25.0 Å². The van der Waals surface area contributed by atoms with Crippen molar-refractivity contribution in [2.75, 3.05) is 23.4 Å². The second-order valence-corrected chi connectivity index (χ2v) is 8.52. The molecule has 0 saturated heterocycles. The van der Waals surface area contributed by atoms with Crippen LogP contribution in [0.2, 0.25) is 0 Å². The first-order valence-corrected chi connectivity index (χ1v) is 11.5. The van der Waals surface area contributed by atoms with Gasteiger partial charge in [-0.15, -0.1) is 11.3 Å². The summed E-state index contributed by atoms with van der Waals surface area (Å²) in [7, 11) is 0. The maximum Gasteiger partial charge on any atom is 0.268 e. The molecule has 1 aliphatic rings. The lowest BCUT2D eigenvalue weighted by Crippen LogP contribution is -2.28. The minimum atomic E-state index is -0.213. The third-order valence-corrected chi connectivity index (χ3v) is 6.49. The summed E-state index contributed by atoms with van der Waals surface area (Å²) < 4.78 is 5.75. The van der Waals surface area contributed by atoms with E-state index in [0.717, 1.165) is 33.3 Å². The van der Waals surface area contributed by atoms with Crippen LogP contribution in [0.15, 0.2) is 72.1 Å². The summed E-state index contributed by atoms with van der Waals surface area (Å²) in [5.74, 6) is 0.375. The fraction of sp³-hybridized carbons (Fsp3) is 0.154. The molecule has 0 fully saturated rings. The van der Waals surface area contributed by atoms with Gasteiger partial charge in [-0.1, -0.05) is 36.4 Å².